The number of nitrogen functional groups attached to an aromatic ring is 1. The third-order valence-corrected chi connectivity index (χ3v) is 4.23. The molecular weight excluding hydrogens is 270 g/mol. The summed E-state index contributed by atoms with van der Waals surface area (Å²) < 4.78 is 5.35. The summed E-state index contributed by atoms with van der Waals surface area (Å²) in [6.07, 6.45) is 1.02. The van der Waals surface area contributed by atoms with E-state index in [9.17, 15) is 0 Å². The van der Waals surface area contributed by atoms with Crippen LogP contribution >= 0.6 is 11.3 Å². The van der Waals surface area contributed by atoms with Crippen LogP contribution in [0.5, 0.6) is 0 Å². The summed E-state index contributed by atoms with van der Waals surface area (Å²) in [6.45, 7) is 4.12. The number of hydrogen-bond acceptors (Lipinski definition) is 5. The van der Waals surface area contributed by atoms with Crippen molar-refractivity contribution in [3.05, 3.63) is 41.5 Å². The Morgan fingerprint density at radius 3 is 2.60 bits per heavy atom. The zero-order valence-corrected chi connectivity index (χ0v) is 12.2. The normalized spacial score (nSPS) is 10.9. The molecule has 3 aromatic rings. The molecule has 0 aliphatic heterocycles. The van der Waals surface area contributed by atoms with Gasteiger partial charge in [-0.05, 0) is 30.5 Å². The molecule has 0 amide bonds. The van der Waals surface area contributed by atoms with Crippen molar-refractivity contribution in [1.29, 1.82) is 0 Å². The number of anilines is 1. The molecule has 2 aromatic heterocycles. The molecule has 0 aliphatic carbocycles. The molecule has 0 bridgehead atoms. The topological polar surface area (TPSA) is 64.9 Å². The zero-order chi connectivity index (χ0) is 14.1. The number of nitrogens with two attached hydrogens (primary N) is 1. The predicted octanol–water partition coefficient (Wildman–Crippen LogP) is 3.92. The first-order valence-corrected chi connectivity index (χ1v) is 7.28. The van der Waals surface area contributed by atoms with Crippen LogP contribution in [0, 0.1) is 6.92 Å². The van der Waals surface area contributed by atoms with Gasteiger partial charge < -0.3 is 10.3 Å². The third kappa shape index (κ3) is 2.32. The number of thiophene rings is 1. The Kier molecular flexibility index (Phi) is 3.28. The van der Waals surface area contributed by atoms with Crippen molar-refractivity contribution in [2.75, 3.05) is 5.73 Å². The molecule has 0 saturated carbocycles. The quantitative estimate of drug-likeness (QED) is 0.792. The predicted molar refractivity (Wildman–Crippen MR) is 81.6 cm³/mol. The van der Waals surface area contributed by atoms with E-state index >= 15 is 0 Å². The fourth-order valence-electron chi connectivity index (χ4n) is 2.04. The average molecular weight is 285 g/mol. The van der Waals surface area contributed by atoms with E-state index in [0.717, 1.165) is 27.4 Å². The lowest BCUT2D eigenvalue weighted by molar-refractivity contribution is 0.433. The van der Waals surface area contributed by atoms with Crippen molar-refractivity contribution in [2.45, 2.75) is 20.3 Å². The molecule has 2 heterocycles. The summed E-state index contributed by atoms with van der Waals surface area (Å²) in [5.41, 5.74) is 9.10. The summed E-state index contributed by atoms with van der Waals surface area (Å²) in [7, 11) is 0. The molecule has 1 aromatic carbocycles. The van der Waals surface area contributed by atoms with Gasteiger partial charge in [-0.25, -0.2) is 0 Å². The minimum absolute atomic E-state index is 0.527. The van der Waals surface area contributed by atoms with Crippen LogP contribution in [0.4, 0.5) is 5.00 Å². The van der Waals surface area contributed by atoms with Crippen LogP contribution in [0.25, 0.3) is 22.2 Å². The van der Waals surface area contributed by atoms with Crippen LogP contribution in [0.1, 0.15) is 18.1 Å². The second-order valence-corrected chi connectivity index (χ2v) is 5.72. The van der Waals surface area contributed by atoms with E-state index in [1.165, 1.54) is 16.9 Å². The summed E-state index contributed by atoms with van der Waals surface area (Å²) in [6, 6.07) is 10.1. The van der Waals surface area contributed by atoms with Gasteiger partial charge in [0.25, 0.3) is 5.89 Å². The summed E-state index contributed by atoms with van der Waals surface area (Å²) in [5, 5.41) is 4.80. The van der Waals surface area contributed by atoms with Gasteiger partial charge in [0, 0.05) is 5.56 Å². The van der Waals surface area contributed by atoms with E-state index in [0.29, 0.717) is 11.7 Å². The molecule has 0 unspecified atom stereocenters. The molecule has 20 heavy (non-hydrogen) atoms. The van der Waals surface area contributed by atoms with Crippen molar-refractivity contribution in [2.24, 2.45) is 0 Å². The maximum absolute atomic E-state index is 5.80. The Hall–Kier alpha value is -2.14. The molecule has 0 radical (unpaired) electrons. The highest BCUT2D eigenvalue weighted by Gasteiger charge is 2.15. The van der Waals surface area contributed by atoms with Crippen molar-refractivity contribution < 1.29 is 4.52 Å². The van der Waals surface area contributed by atoms with Gasteiger partial charge in [-0.15, -0.1) is 11.3 Å². The third-order valence-electron chi connectivity index (χ3n) is 3.18. The Bertz CT molecular complexity index is 728. The van der Waals surface area contributed by atoms with E-state index in [1.54, 1.807) is 0 Å². The lowest BCUT2D eigenvalue weighted by Gasteiger charge is -1.97. The fourth-order valence-corrected chi connectivity index (χ4v) is 2.90. The maximum Gasteiger partial charge on any atom is 0.268 e. The van der Waals surface area contributed by atoms with Crippen molar-refractivity contribution in [1.82, 2.24) is 10.1 Å². The van der Waals surface area contributed by atoms with E-state index in [-0.39, 0.29) is 0 Å². The average Bonchev–Trinajstić information content (AvgIpc) is 3.05. The molecule has 0 atom stereocenters. The van der Waals surface area contributed by atoms with Gasteiger partial charge in [0.1, 0.15) is 0 Å². The number of aromatic nitrogens is 2. The van der Waals surface area contributed by atoms with Gasteiger partial charge in [0.05, 0.1) is 9.88 Å². The SMILES string of the molecule is CCc1ccc(-c2noc(-c3sc(N)cc3C)n2)cc1. The monoisotopic (exact) mass is 285 g/mol. The lowest BCUT2D eigenvalue weighted by Crippen LogP contribution is -1.83. The molecule has 0 fully saturated rings. The molecule has 2 N–H and O–H groups in total. The zero-order valence-electron chi connectivity index (χ0n) is 11.4. The highest BCUT2D eigenvalue weighted by Crippen LogP contribution is 2.33. The Morgan fingerprint density at radius 2 is 2.00 bits per heavy atom. The lowest BCUT2D eigenvalue weighted by atomic mass is 10.1. The first kappa shape index (κ1) is 12.9. The van der Waals surface area contributed by atoms with Crippen LogP contribution < -0.4 is 5.73 Å². The standard InChI is InChI=1S/C15H15N3OS/c1-3-10-4-6-11(7-5-10)14-17-15(19-18-14)13-9(2)8-12(16)20-13/h4-8H,3,16H2,1-2H3. The number of nitrogens with zero attached hydrogens (tertiary/aromatic N) is 2. The number of hydrogen-bond donors (Lipinski definition) is 1. The van der Waals surface area contributed by atoms with E-state index in [2.05, 4.69) is 29.2 Å². The Labute approximate surface area is 121 Å². The molecule has 102 valence electrons. The van der Waals surface area contributed by atoms with Gasteiger partial charge in [-0.2, -0.15) is 4.98 Å². The van der Waals surface area contributed by atoms with Gasteiger partial charge in [0.15, 0.2) is 0 Å². The molecule has 3 rings (SSSR count). The van der Waals surface area contributed by atoms with Gasteiger partial charge >= 0.3 is 0 Å². The van der Waals surface area contributed by atoms with Crippen molar-refractivity contribution in [3.8, 4) is 22.2 Å². The van der Waals surface area contributed by atoms with E-state index in [1.807, 2.05) is 25.1 Å². The van der Waals surface area contributed by atoms with Crippen molar-refractivity contribution in [3.63, 3.8) is 0 Å². The van der Waals surface area contributed by atoms with Gasteiger partial charge in [-0.1, -0.05) is 36.3 Å². The highest BCUT2D eigenvalue weighted by molar-refractivity contribution is 7.19. The van der Waals surface area contributed by atoms with E-state index < -0.39 is 0 Å². The van der Waals surface area contributed by atoms with Crippen LogP contribution in [0.15, 0.2) is 34.9 Å². The van der Waals surface area contributed by atoms with Crippen LogP contribution in [-0.4, -0.2) is 10.1 Å². The molecule has 5 heteroatoms. The van der Waals surface area contributed by atoms with E-state index in [4.69, 9.17) is 10.3 Å². The Balaban J connectivity index is 1.95. The number of rotatable bonds is 3. The molecule has 0 spiro atoms. The first-order valence-electron chi connectivity index (χ1n) is 6.46. The van der Waals surface area contributed by atoms with Crippen LogP contribution in [0.2, 0.25) is 0 Å². The summed E-state index contributed by atoms with van der Waals surface area (Å²) >= 11 is 1.46. The Morgan fingerprint density at radius 1 is 1.25 bits per heavy atom. The minimum atomic E-state index is 0.527. The van der Waals surface area contributed by atoms with Crippen molar-refractivity contribution >= 4 is 16.3 Å². The molecular formula is C15H15N3OS. The highest BCUT2D eigenvalue weighted by atomic mass is 32.1. The second-order valence-electron chi connectivity index (χ2n) is 4.63. The molecule has 4 nitrogen and oxygen atoms in total. The number of benzene rings is 1. The fraction of sp³-hybridized carbons (Fsp3) is 0.200. The molecule has 0 saturated heterocycles. The number of aryl methyl sites for hydroxylation is 2. The maximum atomic E-state index is 5.80. The smallest absolute Gasteiger partial charge is 0.268 e. The van der Waals surface area contributed by atoms with Crippen LogP contribution in [-0.2, 0) is 6.42 Å². The largest absolute Gasteiger partial charge is 0.391 e. The second kappa shape index (κ2) is 5.09. The minimum Gasteiger partial charge on any atom is -0.391 e. The molecule has 0 aliphatic rings. The van der Waals surface area contributed by atoms with Gasteiger partial charge in [0.2, 0.25) is 5.82 Å². The summed E-state index contributed by atoms with van der Waals surface area (Å²) in [5.74, 6) is 1.13. The first-order chi connectivity index (χ1) is 9.67. The van der Waals surface area contributed by atoms with Gasteiger partial charge in [-0.3, -0.25) is 0 Å². The van der Waals surface area contributed by atoms with Crippen LogP contribution in [0.3, 0.4) is 0 Å². The summed E-state index contributed by atoms with van der Waals surface area (Å²) in [4.78, 5) is 5.39.